The van der Waals surface area contributed by atoms with Crippen molar-refractivity contribution in [2.24, 2.45) is 5.92 Å². The van der Waals surface area contributed by atoms with E-state index in [1.54, 1.807) is 18.2 Å². The third-order valence-electron chi connectivity index (χ3n) is 5.86. The van der Waals surface area contributed by atoms with E-state index in [0.717, 1.165) is 17.6 Å². The number of hydrogen-bond donors (Lipinski definition) is 1. The van der Waals surface area contributed by atoms with E-state index >= 15 is 0 Å². The second-order valence-electron chi connectivity index (χ2n) is 9.33. The van der Waals surface area contributed by atoms with Gasteiger partial charge in [-0.05, 0) is 43.2 Å². The molecule has 0 unspecified atom stereocenters. The number of furan rings is 1. The van der Waals surface area contributed by atoms with Crippen LogP contribution in [0.2, 0.25) is 0 Å². The van der Waals surface area contributed by atoms with Crippen LogP contribution in [0.4, 0.5) is 24.7 Å². The Bertz CT molecular complexity index is 1220. The smallest absolute Gasteiger partial charge is 0.416 e. The zero-order chi connectivity index (χ0) is 26.6. The normalized spacial score (nSPS) is 14.4. The summed E-state index contributed by atoms with van der Waals surface area (Å²) in [5, 5.41) is 3.43. The van der Waals surface area contributed by atoms with Crippen molar-refractivity contribution in [1.82, 2.24) is 15.3 Å². The van der Waals surface area contributed by atoms with Gasteiger partial charge < -0.3 is 19.5 Å². The summed E-state index contributed by atoms with van der Waals surface area (Å²) in [4.78, 5) is 25.5. The first kappa shape index (κ1) is 26.8. The van der Waals surface area contributed by atoms with Gasteiger partial charge in [-0.2, -0.15) is 13.2 Å². The fraction of sp³-hybridized carbons (Fsp3) is 0.423. The molecule has 0 bridgehead atoms. The van der Waals surface area contributed by atoms with Crippen LogP contribution in [0.1, 0.15) is 41.4 Å². The van der Waals surface area contributed by atoms with Crippen molar-refractivity contribution in [3.05, 3.63) is 65.2 Å². The maximum absolute atomic E-state index is 13.1. The number of aryl methyl sites for hydroxylation is 1. The lowest BCUT2D eigenvalue weighted by Gasteiger charge is -2.37. The maximum Gasteiger partial charge on any atom is 0.416 e. The Labute approximate surface area is 218 Å². The molecule has 198 valence electrons. The molecule has 2 aromatic heterocycles. The number of nitrogens with one attached hydrogen (secondary N) is 1. The van der Waals surface area contributed by atoms with E-state index in [0.29, 0.717) is 61.0 Å². The summed E-state index contributed by atoms with van der Waals surface area (Å²) in [6.45, 7) is 8.96. The lowest BCUT2D eigenvalue weighted by atomic mass is 10.1. The number of nitrogens with zero attached hydrogens (tertiary/aromatic N) is 4. The number of rotatable bonds is 8. The first-order chi connectivity index (χ1) is 17.6. The van der Waals surface area contributed by atoms with Gasteiger partial charge in [0, 0.05) is 50.2 Å². The van der Waals surface area contributed by atoms with Gasteiger partial charge in [0.1, 0.15) is 11.6 Å². The van der Waals surface area contributed by atoms with E-state index in [1.165, 1.54) is 23.9 Å². The third kappa shape index (κ3) is 7.18. The number of anilines is 2. The molecule has 1 aromatic carbocycles. The first-order valence-corrected chi connectivity index (χ1v) is 13.1. The maximum atomic E-state index is 13.1. The average Bonchev–Trinajstić information content (AvgIpc) is 3.35. The van der Waals surface area contributed by atoms with Gasteiger partial charge in [-0.25, -0.2) is 9.97 Å². The summed E-state index contributed by atoms with van der Waals surface area (Å²) in [5.74, 6) is 2.31. The van der Waals surface area contributed by atoms with Gasteiger partial charge in [0.25, 0.3) is 5.91 Å². The standard InChI is InChI=1S/C26H30F3N5O2S/c1-17(2)15-30-24(35)22-8-7-21(36-22)16-37-25-31-18(3)13-23(32-25)34-11-9-33(10-12-34)20-6-4-5-19(14-20)26(27,28)29/h4-8,13-14,17H,9-12,15-16H2,1-3H3,(H,30,35). The molecule has 7 nitrogen and oxygen atoms in total. The third-order valence-corrected chi connectivity index (χ3v) is 6.73. The Balaban J connectivity index is 1.35. The molecule has 1 fully saturated rings. The lowest BCUT2D eigenvalue weighted by molar-refractivity contribution is -0.137. The van der Waals surface area contributed by atoms with Crippen LogP contribution in [0.3, 0.4) is 0 Å². The zero-order valence-corrected chi connectivity index (χ0v) is 21.8. The molecule has 0 aliphatic carbocycles. The van der Waals surface area contributed by atoms with Crippen LogP contribution in [0, 0.1) is 12.8 Å². The number of carbonyl (C=O) groups excluding carboxylic acids is 1. The van der Waals surface area contributed by atoms with Crippen molar-refractivity contribution >= 4 is 29.2 Å². The topological polar surface area (TPSA) is 74.5 Å². The Hall–Kier alpha value is -3.21. The number of benzene rings is 1. The lowest BCUT2D eigenvalue weighted by Crippen LogP contribution is -2.47. The zero-order valence-electron chi connectivity index (χ0n) is 21.0. The van der Waals surface area contributed by atoms with E-state index < -0.39 is 11.7 Å². The monoisotopic (exact) mass is 533 g/mol. The molecule has 0 spiro atoms. The summed E-state index contributed by atoms with van der Waals surface area (Å²) in [6.07, 6.45) is -4.36. The van der Waals surface area contributed by atoms with Gasteiger partial charge in [0.15, 0.2) is 10.9 Å². The van der Waals surface area contributed by atoms with Crippen molar-refractivity contribution < 1.29 is 22.4 Å². The fourth-order valence-electron chi connectivity index (χ4n) is 3.92. The number of alkyl halides is 3. The van der Waals surface area contributed by atoms with Gasteiger partial charge in [-0.15, -0.1) is 0 Å². The largest absolute Gasteiger partial charge is 0.455 e. The molecule has 4 rings (SSSR count). The minimum atomic E-state index is -4.36. The SMILES string of the molecule is Cc1cc(N2CCN(c3cccc(C(F)(F)F)c3)CC2)nc(SCc2ccc(C(=O)NCC(C)C)o2)n1. The highest BCUT2D eigenvalue weighted by Gasteiger charge is 2.31. The quantitative estimate of drug-likeness (QED) is 0.307. The Morgan fingerprint density at radius 1 is 1.08 bits per heavy atom. The van der Waals surface area contributed by atoms with Crippen molar-refractivity contribution in [3.8, 4) is 0 Å². The summed E-state index contributed by atoms with van der Waals surface area (Å²) >= 11 is 1.42. The number of thioether (sulfide) groups is 1. The molecule has 11 heteroatoms. The molecule has 3 heterocycles. The number of aromatic nitrogens is 2. The fourth-order valence-corrected chi connectivity index (χ4v) is 4.71. The van der Waals surface area contributed by atoms with Gasteiger partial charge in [-0.3, -0.25) is 4.79 Å². The molecule has 0 radical (unpaired) electrons. The van der Waals surface area contributed by atoms with Gasteiger partial charge in [-0.1, -0.05) is 31.7 Å². The number of piperazine rings is 1. The molecule has 1 aliphatic rings. The van der Waals surface area contributed by atoms with Crippen molar-refractivity contribution in [3.63, 3.8) is 0 Å². The minimum absolute atomic E-state index is 0.233. The number of halogens is 3. The molecule has 1 N–H and O–H groups in total. The molecule has 37 heavy (non-hydrogen) atoms. The Morgan fingerprint density at radius 2 is 1.81 bits per heavy atom. The van der Waals surface area contributed by atoms with E-state index in [4.69, 9.17) is 9.40 Å². The highest BCUT2D eigenvalue weighted by atomic mass is 32.2. The molecule has 1 saturated heterocycles. The molecular weight excluding hydrogens is 503 g/mol. The molecule has 3 aromatic rings. The highest BCUT2D eigenvalue weighted by Crippen LogP contribution is 2.32. The molecule has 0 atom stereocenters. The number of carbonyl (C=O) groups is 1. The summed E-state index contributed by atoms with van der Waals surface area (Å²) in [6, 6.07) is 10.8. The van der Waals surface area contributed by atoms with Crippen LogP contribution in [0.25, 0.3) is 0 Å². The van der Waals surface area contributed by atoms with E-state index in [2.05, 4.69) is 15.2 Å². The van der Waals surface area contributed by atoms with Gasteiger partial charge >= 0.3 is 6.18 Å². The predicted molar refractivity (Wildman–Crippen MR) is 138 cm³/mol. The summed E-state index contributed by atoms with van der Waals surface area (Å²) in [7, 11) is 0. The first-order valence-electron chi connectivity index (χ1n) is 12.1. The summed E-state index contributed by atoms with van der Waals surface area (Å²) in [5.41, 5.74) is 0.752. The van der Waals surface area contributed by atoms with Gasteiger partial charge in [0.2, 0.25) is 0 Å². The van der Waals surface area contributed by atoms with Crippen LogP contribution in [0.15, 0.2) is 52.0 Å². The van der Waals surface area contributed by atoms with E-state index in [1.807, 2.05) is 31.7 Å². The Morgan fingerprint density at radius 3 is 2.51 bits per heavy atom. The van der Waals surface area contributed by atoms with Crippen LogP contribution in [-0.2, 0) is 11.9 Å². The molecule has 1 aliphatic heterocycles. The number of amides is 1. The van der Waals surface area contributed by atoms with Crippen LogP contribution < -0.4 is 15.1 Å². The number of hydrogen-bond acceptors (Lipinski definition) is 7. The van der Waals surface area contributed by atoms with Crippen molar-refractivity contribution in [2.75, 3.05) is 42.5 Å². The second kappa shape index (κ2) is 11.5. The van der Waals surface area contributed by atoms with Crippen LogP contribution in [-0.4, -0.2) is 48.6 Å². The highest BCUT2D eigenvalue weighted by molar-refractivity contribution is 7.98. The van der Waals surface area contributed by atoms with E-state index in [9.17, 15) is 18.0 Å². The average molecular weight is 534 g/mol. The minimum Gasteiger partial charge on any atom is -0.455 e. The molecule has 0 saturated carbocycles. The summed E-state index contributed by atoms with van der Waals surface area (Å²) < 4.78 is 45.0. The molecular formula is C26H30F3N5O2S. The van der Waals surface area contributed by atoms with E-state index in [-0.39, 0.29) is 11.7 Å². The van der Waals surface area contributed by atoms with Gasteiger partial charge in [0.05, 0.1) is 11.3 Å². The Kier molecular flexibility index (Phi) is 8.31. The van der Waals surface area contributed by atoms with Crippen LogP contribution >= 0.6 is 11.8 Å². The van der Waals surface area contributed by atoms with Crippen molar-refractivity contribution in [2.45, 2.75) is 37.9 Å². The molecule has 1 amide bonds. The second-order valence-corrected chi connectivity index (χ2v) is 10.3. The van der Waals surface area contributed by atoms with Crippen molar-refractivity contribution in [1.29, 1.82) is 0 Å². The van der Waals surface area contributed by atoms with Crippen LogP contribution in [0.5, 0.6) is 0 Å². The predicted octanol–water partition coefficient (Wildman–Crippen LogP) is 5.40.